The number of halogens is 3. The molecule has 0 aromatic heterocycles. The number of rotatable bonds is 9. The van der Waals surface area contributed by atoms with Crippen LogP contribution < -0.4 is 15.4 Å². The van der Waals surface area contributed by atoms with Gasteiger partial charge in [-0.3, -0.25) is 4.79 Å². The first-order valence-electron chi connectivity index (χ1n) is 12.0. The Kier molecular flexibility index (Phi) is 8.26. The van der Waals surface area contributed by atoms with E-state index in [2.05, 4.69) is 10.6 Å². The van der Waals surface area contributed by atoms with E-state index in [-0.39, 0.29) is 41.3 Å². The predicted octanol–water partition coefficient (Wildman–Crippen LogP) is 4.74. The van der Waals surface area contributed by atoms with Crippen LogP contribution in [0.25, 0.3) is 5.57 Å². The number of carbonyl (C=O) groups excluding carboxylic acids is 1. The van der Waals surface area contributed by atoms with Crippen molar-refractivity contribution in [2.45, 2.75) is 51.1 Å². The number of amides is 1. The van der Waals surface area contributed by atoms with Gasteiger partial charge in [0.2, 0.25) is 5.91 Å². The van der Waals surface area contributed by atoms with Gasteiger partial charge in [-0.2, -0.15) is 0 Å². The maximum absolute atomic E-state index is 13.8. The molecule has 1 amide bonds. The van der Waals surface area contributed by atoms with Gasteiger partial charge in [-0.05, 0) is 66.9 Å². The summed E-state index contributed by atoms with van der Waals surface area (Å²) in [6, 6.07) is 9.62. The first-order chi connectivity index (χ1) is 17.2. The van der Waals surface area contributed by atoms with Gasteiger partial charge in [0.05, 0.1) is 12.2 Å². The summed E-state index contributed by atoms with van der Waals surface area (Å²) in [7, 11) is 0. The summed E-state index contributed by atoms with van der Waals surface area (Å²) in [5, 5.41) is 15.9. The molecule has 3 unspecified atom stereocenters. The second kappa shape index (κ2) is 11.4. The smallest absolute Gasteiger partial charge is 0.333 e. The molecule has 2 aliphatic rings. The Labute approximate surface area is 213 Å². The van der Waals surface area contributed by atoms with E-state index in [0.29, 0.717) is 37.8 Å². The normalized spacial score (nSPS) is 21.3. The maximum Gasteiger partial charge on any atom is 0.333 e. The Morgan fingerprint density at radius 1 is 1.14 bits per heavy atom. The Morgan fingerprint density at radius 3 is 2.56 bits per heavy atom. The molecule has 9 heteroatoms. The summed E-state index contributed by atoms with van der Waals surface area (Å²) in [6.45, 7) is 2.21. The molecule has 0 saturated carbocycles. The number of hydrogen-bond donors (Lipinski definition) is 3. The molecule has 1 fully saturated rings. The summed E-state index contributed by atoms with van der Waals surface area (Å²) < 4.78 is 32.7. The molecule has 1 saturated heterocycles. The summed E-state index contributed by atoms with van der Waals surface area (Å²) in [6.07, 6.45) is 3.37. The quantitative estimate of drug-likeness (QED) is 0.329. The molecule has 4 rings (SSSR count). The molecular formula is C27H29ClF2N2O4. The highest BCUT2D eigenvalue weighted by Crippen LogP contribution is 2.38. The van der Waals surface area contributed by atoms with Crippen LogP contribution >= 0.6 is 11.6 Å². The van der Waals surface area contributed by atoms with E-state index in [0.717, 1.165) is 35.3 Å². The van der Waals surface area contributed by atoms with Crippen LogP contribution in [0.15, 0.2) is 42.0 Å². The molecule has 0 aliphatic carbocycles. The Hall–Kier alpha value is -2.97. The van der Waals surface area contributed by atoms with Crippen LogP contribution in [0, 0.1) is 17.6 Å². The van der Waals surface area contributed by atoms with E-state index in [9.17, 15) is 23.5 Å². The highest BCUT2D eigenvalue weighted by molar-refractivity contribution is 6.32. The van der Waals surface area contributed by atoms with E-state index in [1.165, 1.54) is 6.92 Å². The molecule has 2 aromatic carbocycles. The van der Waals surface area contributed by atoms with Crippen molar-refractivity contribution in [3.8, 4) is 5.75 Å². The van der Waals surface area contributed by atoms with E-state index in [1.54, 1.807) is 0 Å². The average Bonchev–Trinajstić information content (AvgIpc) is 2.84. The summed E-state index contributed by atoms with van der Waals surface area (Å²) >= 11 is 5.78. The maximum atomic E-state index is 13.8. The van der Waals surface area contributed by atoms with Gasteiger partial charge < -0.3 is 20.5 Å². The Bertz CT molecular complexity index is 1170. The number of ether oxygens (including phenoxy) is 1. The number of aliphatic carboxylic acids is 1. The fraction of sp³-hybridized carbons (Fsp3) is 0.407. The van der Waals surface area contributed by atoms with Crippen molar-refractivity contribution < 1.29 is 28.2 Å². The van der Waals surface area contributed by atoms with Crippen LogP contribution in [0.2, 0.25) is 5.02 Å². The first kappa shape index (κ1) is 26.1. The SMILES string of the molecule is CC(=O)NCC1CC2CC(c3ccc(CCCOc4c(F)ccc(F)c4Cl)cc3)=C(C(=O)O)C(C1)N2. The Morgan fingerprint density at radius 2 is 1.86 bits per heavy atom. The lowest BCUT2D eigenvalue weighted by molar-refractivity contribution is -0.133. The molecule has 3 N–H and O–H groups in total. The molecule has 2 aromatic rings. The fourth-order valence-electron chi connectivity index (χ4n) is 5.13. The molecule has 0 spiro atoms. The van der Waals surface area contributed by atoms with Crippen LogP contribution in [-0.4, -0.2) is 42.2 Å². The van der Waals surface area contributed by atoms with E-state index in [1.807, 2.05) is 24.3 Å². The highest BCUT2D eigenvalue weighted by atomic mass is 35.5. The van der Waals surface area contributed by atoms with E-state index >= 15 is 0 Å². The van der Waals surface area contributed by atoms with Crippen LogP contribution in [-0.2, 0) is 16.0 Å². The van der Waals surface area contributed by atoms with Crippen molar-refractivity contribution in [3.05, 3.63) is 69.8 Å². The zero-order valence-corrected chi connectivity index (χ0v) is 20.7. The second-order valence-electron chi connectivity index (χ2n) is 9.41. The summed E-state index contributed by atoms with van der Waals surface area (Å²) in [5.41, 5.74) is 3.15. The number of hydrogen-bond acceptors (Lipinski definition) is 4. The van der Waals surface area contributed by atoms with Crippen LogP contribution in [0.1, 0.15) is 43.7 Å². The topological polar surface area (TPSA) is 87.7 Å². The summed E-state index contributed by atoms with van der Waals surface area (Å²) in [4.78, 5) is 23.5. The minimum Gasteiger partial charge on any atom is -0.489 e. The van der Waals surface area contributed by atoms with Crippen LogP contribution in [0.5, 0.6) is 5.75 Å². The first-order valence-corrected chi connectivity index (χ1v) is 12.4. The molecule has 3 atom stereocenters. The van der Waals surface area contributed by atoms with Gasteiger partial charge in [0.1, 0.15) is 10.8 Å². The number of carboxylic acids is 1. The third-order valence-corrected chi connectivity index (χ3v) is 7.13. The van der Waals surface area contributed by atoms with Gasteiger partial charge in [0.15, 0.2) is 11.6 Å². The van der Waals surface area contributed by atoms with Crippen molar-refractivity contribution in [3.63, 3.8) is 0 Å². The number of nitrogens with one attached hydrogen (secondary N) is 2. The third-order valence-electron chi connectivity index (χ3n) is 6.78. The van der Waals surface area contributed by atoms with Crippen molar-refractivity contribution in [1.29, 1.82) is 0 Å². The highest BCUT2D eigenvalue weighted by Gasteiger charge is 2.39. The third kappa shape index (κ3) is 6.05. The molecule has 2 heterocycles. The molecule has 2 bridgehead atoms. The molecular weight excluding hydrogens is 490 g/mol. The second-order valence-corrected chi connectivity index (χ2v) is 9.79. The van der Waals surface area contributed by atoms with E-state index < -0.39 is 17.6 Å². The minimum absolute atomic E-state index is 0.0787. The fourth-order valence-corrected chi connectivity index (χ4v) is 5.34. The van der Waals surface area contributed by atoms with Crippen molar-refractivity contribution >= 4 is 29.1 Å². The van der Waals surface area contributed by atoms with Gasteiger partial charge in [-0.25, -0.2) is 13.6 Å². The van der Waals surface area contributed by atoms with Gasteiger partial charge in [-0.15, -0.1) is 0 Å². The lowest BCUT2D eigenvalue weighted by Crippen LogP contribution is -2.52. The Balaban J connectivity index is 1.39. The number of carboxylic acid groups (broad SMARTS) is 1. The number of fused-ring (bicyclic) bond motifs is 2. The zero-order chi connectivity index (χ0) is 25.8. The van der Waals surface area contributed by atoms with Crippen molar-refractivity contribution in [1.82, 2.24) is 10.6 Å². The van der Waals surface area contributed by atoms with Gasteiger partial charge in [-0.1, -0.05) is 35.9 Å². The van der Waals surface area contributed by atoms with Gasteiger partial charge in [0.25, 0.3) is 0 Å². The molecule has 0 radical (unpaired) electrons. The number of piperidine rings is 1. The van der Waals surface area contributed by atoms with Gasteiger partial charge >= 0.3 is 5.97 Å². The number of benzene rings is 2. The lowest BCUT2D eigenvalue weighted by atomic mass is 9.75. The minimum atomic E-state index is -0.925. The average molecular weight is 519 g/mol. The molecule has 2 aliphatic heterocycles. The van der Waals surface area contributed by atoms with E-state index in [4.69, 9.17) is 16.3 Å². The lowest BCUT2D eigenvalue weighted by Gasteiger charge is -2.42. The standard InChI is InChI=1S/C27H29ClF2N2O4/c1-15(33)31-14-17-11-19-13-20(24(27(34)35)23(12-17)32-19)18-6-4-16(5-7-18)3-2-10-36-26-22(30)9-8-21(29)25(26)28/h4-9,17,19,23,32H,2-3,10-14H2,1H3,(H,31,33)(H,34,35). The summed E-state index contributed by atoms with van der Waals surface area (Å²) in [5.74, 6) is -2.49. The monoisotopic (exact) mass is 518 g/mol. The predicted molar refractivity (Wildman–Crippen MR) is 133 cm³/mol. The molecule has 36 heavy (non-hydrogen) atoms. The molecule has 6 nitrogen and oxygen atoms in total. The number of aryl methyl sites for hydroxylation is 1. The number of carbonyl (C=O) groups is 2. The van der Waals surface area contributed by atoms with Gasteiger partial charge in [0, 0.05) is 25.6 Å². The molecule has 192 valence electrons. The zero-order valence-electron chi connectivity index (χ0n) is 20.0. The van der Waals surface area contributed by atoms with Crippen molar-refractivity contribution in [2.75, 3.05) is 13.2 Å². The van der Waals surface area contributed by atoms with Crippen LogP contribution in [0.3, 0.4) is 0 Å². The van der Waals surface area contributed by atoms with Crippen LogP contribution in [0.4, 0.5) is 8.78 Å². The van der Waals surface area contributed by atoms with Crippen molar-refractivity contribution in [2.24, 2.45) is 5.92 Å². The largest absolute Gasteiger partial charge is 0.489 e.